The molecule has 4 rings (SSSR count). The van der Waals surface area contributed by atoms with E-state index in [4.69, 9.17) is 18.9 Å². The molecule has 2 aromatic carbocycles. The van der Waals surface area contributed by atoms with Crippen LogP contribution >= 0.6 is 0 Å². The molecule has 1 N–H and O–H groups in total. The highest BCUT2D eigenvalue weighted by Crippen LogP contribution is 2.22. The number of ether oxygens (including phenoxy) is 2. The third kappa shape index (κ3) is 4.15. The molecular formula is C23H23N3O4. The minimum Gasteiger partial charge on any atom is -0.497 e. The molecule has 154 valence electrons. The van der Waals surface area contributed by atoms with Crippen molar-refractivity contribution in [2.45, 2.75) is 19.5 Å². The summed E-state index contributed by atoms with van der Waals surface area (Å²) in [4.78, 5) is 17.1. The molecule has 7 heteroatoms. The number of aromatic nitrogens is 2. The van der Waals surface area contributed by atoms with E-state index in [0.717, 1.165) is 28.4 Å². The third-order valence-electron chi connectivity index (χ3n) is 4.81. The van der Waals surface area contributed by atoms with Crippen molar-refractivity contribution in [1.29, 1.82) is 0 Å². The number of amides is 1. The second-order valence-electron chi connectivity index (χ2n) is 6.81. The summed E-state index contributed by atoms with van der Waals surface area (Å²) in [5, 5.41) is 2.95. The number of imidazole rings is 1. The van der Waals surface area contributed by atoms with Crippen molar-refractivity contribution in [3.63, 3.8) is 0 Å². The van der Waals surface area contributed by atoms with Crippen LogP contribution in [0.2, 0.25) is 0 Å². The van der Waals surface area contributed by atoms with Crippen LogP contribution in [0.4, 0.5) is 0 Å². The number of nitrogens with one attached hydrogen (secondary N) is 1. The summed E-state index contributed by atoms with van der Waals surface area (Å²) in [6, 6.07) is 18.4. The van der Waals surface area contributed by atoms with Gasteiger partial charge in [-0.2, -0.15) is 0 Å². The molecule has 0 saturated heterocycles. The van der Waals surface area contributed by atoms with Crippen LogP contribution in [0.25, 0.3) is 11.0 Å². The van der Waals surface area contributed by atoms with Crippen LogP contribution in [0.1, 0.15) is 29.3 Å². The second kappa shape index (κ2) is 8.73. The van der Waals surface area contributed by atoms with E-state index in [2.05, 4.69) is 9.88 Å². The fourth-order valence-electron chi connectivity index (χ4n) is 3.33. The smallest absolute Gasteiger partial charge is 0.287 e. The van der Waals surface area contributed by atoms with Crippen LogP contribution in [0.3, 0.4) is 0 Å². The van der Waals surface area contributed by atoms with Crippen molar-refractivity contribution in [1.82, 2.24) is 14.9 Å². The van der Waals surface area contributed by atoms with Crippen molar-refractivity contribution < 1.29 is 18.7 Å². The summed E-state index contributed by atoms with van der Waals surface area (Å²) >= 11 is 0. The van der Waals surface area contributed by atoms with E-state index in [1.807, 2.05) is 55.5 Å². The van der Waals surface area contributed by atoms with Gasteiger partial charge in [-0.25, -0.2) is 4.98 Å². The molecular weight excluding hydrogens is 382 g/mol. The molecule has 1 unspecified atom stereocenters. The Hall–Kier alpha value is -3.74. The van der Waals surface area contributed by atoms with E-state index >= 15 is 0 Å². The molecule has 0 radical (unpaired) electrons. The second-order valence-corrected chi connectivity index (χ2v) is 6.81. The molecule has 0 spiro atoms. The molecule has 30 heavy (non-hydrogen) atoms. The first-order valence-corrected chi connectivity index (χ1v) is 9.72. The Kier molecular flexibility index (Phi) is 5.70. The van der Waals surface area contributed by atoms with Gasteiger partial charge >= 0.3 is 0 Å². The van der Waals surface area contributed by atoms with E-state index in [1.54, 1.807) is 19.2 Å². The lowest BCUT2D eigenvalue weighted by Gasteiger charge is -2.16. The lowest BCUT2D eigenvalue weighted by molar-refractivity contribution is 0.0909. The molecule has 1 atom stereocenters. The maximum Gasteiger partial charge on any atom is 0.287 e. The van der Waals surface area contributed by atoms with E-state index in [1.165, 1.54) is 6.26 Å². The standard InChI is InChI=1S/C23H23N3O4/c1-16(24-23(27)21-8-5-14-30-21)22-25-19-6-3-4-7-20(19)26(22)13-15-29-18-11-9-17(28-2)10-12-18/h3-12,14,16H,13,15H2,1-2H3,(H,24,27). The molecule has 0 aliphatic heterocycles. The molecule has 0 aliphatic rings. The maximum absolute atomic E-state index is 12.4. The number of rotatable bonds is 8. The maximum atomic E-state index is 12.4. The van der Waals surface area contributed by atoms with Gasteiger partial charge in [-0.15, -0.1) is 0 Å². The minimum atomic E-state index is -0.309. The van der Waals surface area contributed by atoms with Gasteiger partial charge in [-0.3, -0.25) is 4.79 Å². The van der Waals surface area contributed by atoms with E-state index < -0.39 is 0 Å². The number of furan rings is 1. The zero-order valence-electron chi connectivity index (χ0n) is 16.9. The van der Waals surface area contributed by atoms with Gasteiger partial charge in [-0.05, 0) is 55.5 Å². The number of benzene rings is 2. The molecule has 0 fully saturated rings. The highest BCUT2D eigenvalue weighted by Gasteiger charge is 2.20. The lowest BCUT2D eigenvalue weighted by atomic mass is 10.3. The zero-order valence-corrected chi connectivity index (χ0v) is 16.9. The fourth-order valence-corrected chi connectivity index (χ4v) is 3.33. The summed E-state index contributed by atoms with van der Waals surface area (Å²) in [6.45, 7) is 2.95. The summed E-state index contributed by atoms with van der Waals surface area (Å²) in [5.74, 6) is 2.30. The normalized spacial score (nSPS) is 11.9. The summed E-state index contributed by atoms with van der Waals surface area (Å²) < 4.78 is 18.3. The highest BCUT2D eigenvalue weighted by atomic mass is 16.5. The highest BCUT2D eigenvalue weighted by molar-refractivity contribution is 5.91. The lowest BCUT2D eigenvalue weighted by Crippen LogP contribution is -2.28. The Bertz CT molecular complexity index is 1120. The SMILES string of the molecule is COc1ccc(OCCn2c(C(C)NC(=O)c3ccco3)nc3ccccc32)cc1. The van der Waals surface area contributed by atoms with Gasteiger partial charge in [0.25, 0.3) is 5.91 Å². The predicted octanol–water partition coefficient (Wildman–Crippen LogP) is 4.21. The third-order valence-corrected chi connectivity index (χ3v) is 4.81. The fraction of sp³-hybridized carbons (Fsp3) is 0.217. The molecule has 2 heterocycles. The summed E-state index contributed by atoms with van der Waals surface area (Å²) in [7, 11) is 1.63. The van der Waals surface area contributed by atoms with Crippen molar-refractivity contribution in [3.8, 4) is 11.5 Å². The van der Waals surface area contributed by atoms with Gasteiger partial charge in [0.15, 0.2) is 5.76 Å². The van der Waals surface area contributed by atoms with Gasteiger partial charge in [-0.1, -0.05) is 12.1 Å². The van der Waals surface area contributed by atoms with Crippen LogP contribution in [-0.2, 0) is 6.54 Å². The molecule has 4 aromatic rings. The molecule has 0 aliphatic carbocycles. The number of methoxy groups -OCH3 is 1. The van der Waals surface area contributed by atoms with Gasteiger partial charge in [0.1, 0.15) is 23.9 Å². The Morgan fingerprint density at radius 2 is 1.87 bits per heavy atom. The predicted molar refractivity (Wildman–Crippen MR) is 113 cm³/mol. The van der Waals surface area contributed by atoms with Crippen LogP contribution in [0, 0.1) is 0 Å². The largest absolute Gasteiger partial charge is 0.497 e. The van der Waals surface area contributed by atoms with Gasteiger partial charge in [0.05, 0.1) is 37.0 Å². The number of fused-ring (bicyclic) bond motifs is 1. The van der Waals surface area contributed by atoms with Crippen molar-refractivity contribution in [3.05, 3.63) is 78.5 Å². The van der Waals surface area contributed by atoms with Gasteiger partial charge in [0.2, 0.25) is 0 Å². The van der Waals surface area contributed by atoms with Crippen molar-refractivity contribution in [2.24, 2.45) is 0 Å². The topological polar surface area (TPSA) is 78.5 Å². The minimum absolute atomic E-state index is 0.271. The Morgan fingerprint density at radius 3 is 2.60 bits per heavy atom. The van der Waals surface area contributed by atoms with Gasteiger partial charge in [0, 0.05) is 0 Å². The summed E-state index contributed by atoms with van der Waals surface area (Å²) in [5.41, 5.74) is 1.86. The van der Waals surface area contributed by atoms with Crippen LogP contribution in [0.5, 0.6) is 11.5 Å². The van der Waals surface area contributed by atoms with Crippen molar-refractivity contribution in [2.75, 3.05) is 13.7 Å². The number of carbonyl (C=O) groups excluding carboxylic acids is 1. The van der Waals surface area contributed by atoms with Crippen LogP contribution in [-0.4, -0.2) is 29.2 Å². The first-order valence-electron chi connectivity index (χ1n) is 9.72. The first-order chi connectivity index (χ1) is 14.7. The molecule has 0 saturated carbocycles. The Labute approximate surface area is 174 Å². The number of hydrogen-bond acceptors (Lipinski definition) is 5. The average molecular weight is 405 g/mol. The number of para-hydroxylation sites is 2. The molecule has 0 bridgehead atoms. The van der Waals surface area contributed by atoms with E-state index in [0.29, 0.717) is 13.2 Å². The van der Waals surface area contributed by atoms with Crippen molar-refractivity contribution >= 4 is 16.9 Å². The number of nitrogens with zero attached hydrogens (tertiary/aromatic N) is 2. The molecule has 1 amide bonds. The Morgan fingerprint density at radius 1 is 1.10 bits per heavy atom. The zero-order chi connectivity index (χ0) is 20.9. The monoisotopic (exact) mass is 405 g/mol. The molecule has 7 nitrogen and oxygen atoms in total. The van der Waals surface area contributed by atoms with Crippen LogP contribution < -0.4 is 14.8 Å². The van der Waals surface area contributed by atoms with E-state index in [-0.39, 0.29) is 17.7 Å². The van der Waals surface area contributed by atoms with Crippen LogP contribution in [0.15, 0.2) is 71.3 Å². The average Bonchev–Trinajstić information content (AvgIpc) is 3.43. The number of carbonyl (C=O) groups is 1. The molecule has 2 aromatic heterocycles. The Balaban J connectivity index is 1.51. The quantitative estimate of drug-likeness (QED) is 0.475. The van der Waals surface area contributed by atoms with Gasteiger partial charge < -0.3 is 23.8 Å². The van der Waals surface area contributed by atoms with E-state index in [9.17, 15) is 4.79 Å². The first kappa shape index (κ1) is 19.6. The number of hydrogen-bond donors (Lipinski definition) is 1. The summed E-state index contributed by atoms with van der Waals surface area (Å²) in [6.07, 6.45) is 1.48.